The van der Waals surface area contributed by atoms with Crippen molar-refractivity contribution in [1.82, 2.24) is 4.98 Å². The van der Waals surface area contributed by atoms with Crippen LogP contribution in [0.5, 0.6) is 0 Å². The summed E-state index contributed by atoms with van der Waals surface area (Å²) in [5.41, 5.74) is 0.696. The molecule has 2 nitrogen and oxygen atoms in total. The van der Waals surface area contributed by atoms with Crippen LogP contribution in [-0.4, -0.2) is 4.98 Å². The molecule has 16 heavy (non-hydrogen) atoms. The molecule has 0 amide bonds. The van der Waals surface area contributed by atoms with Crippen LogP contribution in [-0.2, 0) is 0 Å². The summed E-state index contributed by atoms with van der Waals surface area (Å²) in [6, 6.07) is 8.36. The Bertz CT molecular complexity index is 519. The van der Waals surface area contributed by atoms with E-state index >= 15 is 0 Å². The van der Waals surface area contributed by atoms with E-state index in [1.807, 2.05) is 0 Å². The van der Waals surface area contributed by atoms with Gasteiger partial charge in [-0.05, 0) is 40.2 Å². The van der Waals surface area contributed by atoms with Crippen LogP contribution in [0.25, 0.3) is 0 Å². The monoisotopic (exact) mass is 300 g/mol. The molecular formula is C11H7BrClFN2. The second-order valence-electron chi connectivity index (χ2n) is 3.12. The number of hydrogen-bond donors (Lipinski definition) is 1. The minimum absolute atomic E-state index is 0.172. The van der Waals surface area contributed by atoms with Crippen LogP contribution in [0.3, 0.4) is 0 Å². The smallest absolute Gasteiger partial charge is 0.166 e. The standard InChI is InChI=1S/C11H7BrClFN2/c12-7-4-10(14)11(15-6-7)16-9-3-1-2-8(13)5-9/h1-6H,(H,15,16). The molecule has 2 rings (SSSR count). The normalized spacial score (nSPS) is 10.2. The predicted octanol–water partition coefficient (Wildman–Crippen LogP) is 4.38. The van der Waals surface area contributed by atoms with Gasteiger partial charge in [0, 0.05) is 21.4 Å². The van der Waals surface area contributed by atoms with E-state index in [1.165, 1.54) is 12.3 Å². The molecule has 82 valence electrons. The van der Waals surface area contributed by atoms with Gasteiger partial charge in [0.05, 0.1) is 0 Å². The third kappa shape index (κ3) is 2.71. The van der Waals surface area contributed by atoms with Crippen molar-refractivity contribution in [3.63, 3.8) is 0 Å². The molecule has 0 bridgehead atoms. The highest BCUT2D eigenvalue weighted by molar-refractivity contribution is 9.10. The van der Waals surface area contributed by atoms with Gasteiger partial charge < -0.3 is 5.32 Å². The van der Waals surface area contributed by atoms with Crippen LogP contribution in [0, 0.1) is 5.82 Å². The summed E-state index contributed by atoms with van der Waals surface area (Å²) in [7, 11) is 0. The molecule has 1 N–H and O–H groups in total. The van der Waals surface area contributed by atoms with Crippen molar-refractivity contribution in [3.8, 4) is 0 Å². The van der Waals surface area contributed by atoms with Gasteiger partial charge in [-0.2, -0.15) is 0 Å². The quantitative estimate of drug-likeness (QED) is 0.890. The van der Waals surface area contributed by atoms with Crippen LogP contribution < -0.4 is 5.32 Å². The molecule has 0 aliphatic rings. The number of rotatable bonds is 2. The van der Waals surface area contributed by atoms with Gasteiger partial charge in [-0.15, -0.1) is 0 Å². The Hall–Kier alpha value is -1.13. The highest BCUT2D eigenvalue weighted by Crippen LogP contribution is 2.22. The third-order valence-corrected chi connectivity index (χ3v) is 2.56. The second-order valence-corrected chi connectivity index (χ2v) is 4.47. The molecule has 0 unspecified atom stereocenters. The molecule has 0 aliphatic heterocycles. The first-order valence-corrected chi connectivity index (χ1v) is 5.66. The summed E-state index contributed by atoms with van der Waals surface area (Å²) in [6.07, 6.45) is 1.52. The van der Waals surface area contributed by atoms with Crippen molar-refractivity contribution in [2.24, 2.45) is 0 Å². The predicted molar refractivity (Wildman–Crippen MR) is 66.6 cm³/mol. The van der Waals surface area contributed by atoms with Gasteiger partial charge in [-0.25, -0.2) is 9.37 Å². The maximum absolute atomic E-state index is 13.4. The number of hydrogen-bond acceptors (Lipinski definition) is 2. The van der Waals surface area contributed by atoms with Gasteiger partial charge in [0.25, 0.3) is 0 Å². The Morgan fingerprint density at radius 3 is 2.81 bits per heavy atom. The first-order chi connectivity index (χ1) is 7.65. The number of benzene rings is 1. The van der Waals surface area contributed by atoms with E-state index in [4.69, 9.17) is 11.6 Å². The lowest BCUT2D eigenvalue weighted by molar-refractivity contribution is 0.625. The van der Waals surface area contributed by atoms with Crippen molar-refractivity contribution < 1.29 is 4.39 Å². The molecule has 2 aromatic rings. The van der Waals surface area contributed by atoms with Crippen molar-refractivity contribution >= 4 is 39.0 Å². The maximum Gasteiger partial charge on any atom is 0.166 e. The molecule has 0 fully saturated rings. The van der Waals surface area contributed by atoms with E-state index in [-0.39, 0.29) is 5.82 Å². The lowest BCUT2D eigenvalue weighted by Crippen LogP contribution is -1.96. The molecule has 0 atom stereocenters. The summed E-state index contributed by atoms with van der Waals surface area (Å²) in [4.78, 5) is 3.93. The number of nitrogens with zero attached hydrogens (tertiary/aromatic N) is 1. The highest BCUT2D eigenvalue weighted by Gasteiger charge is 2.04. The van der Waals surface area contributed by atoms with E-state index < -0.39 is 5.82 Å². The van der Waals surface area contributed by atoms with Crippen LogP contribution in [0.15, 0.2) is 41.0 Å². The highest BCUT2D eigenvalue weighted by atomic mass is 79.9. The Morgan fingerprint density at radius 1 is 1.31 bits per heavy atom. The first kappa shape index (κ1) is 11.4. The Labute approximate surface area is 106 Å². The fraction of sp³-hybridized carbons (Fsp3) is 0. The maximum atomic E-state index is 13.4. The van der Waals surface area contributed by atoms with Crippen molar-refractivity contribution in [3.05, 3.63) is 51.8 Å². The van der Waals surface area contributed by atoms with Gasteiger partial charge in [0.2, 0.25) is 0 Å². The summed E-state index contributed by atoms with van der Waals surface area (Å²) in [6.45, 7) is 0. The lowest BCUT2D eigenvalue weighted by Gasteiger charge is -2.06. The number of aromatic nitrogens is 1. The van der Waals surface area contributed by atoms with E-state index in [9.17, 15) is 4.39 Å². The minimum atomic E-state index is -0.422. The number of nitrogens with one attached hydrogen (secondary N) is 1. The number of pyridine rings is 1. The van der Waals surface area contributed by atoms with Crippen molar-refractivity contribution in [2.45, 2.75) is 0 Å². The van der Waals surface area contributed by atoms with Gasteiger partial charge in [-0.3, -0.25) is 0 Å². The number of anilines is 2. The summed E-state index contributed by atoms with van der Waals surface area (Å²) < 4.78 is 14.0. The molecule has 0 saturated heterocycles. The van der Waals surface area contributed by atoms with E-state index in [0.717, 1.165) is 0 Å². The first-order valence-electron chi connectivity index (χ1n) is 4.49. The molecule has 0 saturated carbocycles. The third-order valence-electron chi connectivity index (χ3n) is 1.90. The molecule has 1 heterocycles. The zero-order valence-corrected chi connectivity index (χ0v) is 10.4. The Morgan fingerprint density at radius 2 is 2.12 bits per heavy atom. The lowest BCUT2D eigenvalue weighted by atomic mass is 10.3. The molecule has 5 heteroatoms. The summed E-state index contributed by atoms with van der Waals surface area (Å²) >= 11 is 8.96. The van der Waals surface area contributed by atoms with Crippen molar-refractivity contribution in [2.75, 3.05) is 5.32 Å². The average molecular weight is 302 g/mol. The zero-order valence-electron chi connectivity index (χ0n) is 8.05. The zero-order chi connectivity index (χ0) is 11.5. The topological polar surface area (TPSA) is 24.9 Å². The number of halogens is 3. The van der Waals surface area contributed by atoms with Crippen LogP contribution in [0.4, 0.5) is 15.9 Å². The molecule has 1 aromatic heterocycles. The molecule has 0 spiro atoms. The van der Waals surface area contributed by atoms with Gasteiger partial charge >= 0.3 is 0 Å². The van der Waals surface area contributed by atoms with E-state index in [0.29, 0.717) is 15.2 Å². The fourth-order valence-corrected chi connectivity index (χ4v) is 1.70. The van der Waals surface area contributed by atoms with Crippen molar-refractivity contribution in [1.29, 1.82) is 0 Å². The summed E-state index contributed by atoms with van der Waals surface area (Å²) in [5, 5.41) is 3.43. The molecule has 0 radical (unpaired) electrons. The van der Waals surface area contributed by atoms with Gasteiger partial charge in [0.1, 0.15) is 0 Å². The van der Waals surface area contributed by atoms with E-state index in [2.05, 4.69) is 26.2 Å². The molecule has 1 aromatic carbocycles. The SMILES string of the molecule is Fc1cc(Br)cnc1Nc1cccc(Cl)c1. The minimum Gasteiger partial charge on any atom is -0.338 e. The Kier molecular flexibility index (Phi) is 3.41. The summed E-state index contributed by atoms with van der Waals surface area (Å²) in [5.74, 6) is -0.250. The fourth-order valence-electron chi connectivity index (χ4n) is 1.21. The van der Waals surface area contributed by atoms with Gasteiger partial charge in [0.15, 0.2) is 11.6 Å². The van der Waals surface area contributed by atoms with Crippen LogP contribution >= 0.6 is 27.5 Å². The van der Waals surface area contributed by atoms with Crippen LogP contribution in [0.1, 0.15) is 0 Å². The van der Waals surface area contributed by atoms with E-state index in [1.54, 1.807) is 24.3 Å². The van der Waals surface area contributed by atoms with Gasteiger partial charge in [-0.1, -0.05) is 17.7 Å². The average Bonchev–Trinajstić information content (AvgIpc) is 2.22. The van der Waals surface area contributed by atoms with Crippen LogP contribution in [0.2, 0.25) is 5.02 Å². The molecule has 0 aliphatic carbocycles. The second kappa shape index (κ2) is 4.80. The molecular weight excluding hydrogens is 294 g/mol. The Balaban J connectivity index is 2.27. The largest absolute Gasteiger partial charge is 0.338 e.